The number of phenols is 1. The van der Waals surface area contributed by atoms with Crippen molar-refractivity contribution in [3.63, 3.8) is 0 Å². The molecule has 2 aliphatic rings. The van der Waals surface area contributed by atoms with Gasteiger partial charge in [-0.2, -0.15) is 0 Å². The second-order valence-electron chi connectivity index (χ2n) is 8.07. The van der Waals surface area contributed by atoms with E-state index in [-0.39, 0.29) is 22.9 Å². The van der Waals surface area contributed by atoms with Crippen molar-refractivity contribution in [2.75, 3.05) is 24.7 Å². The van der Waals surface area contributed by atoms with Crippen LogP contribution in [0.25, 0.3) is 11.1 Å². The average Bonchev–Trinajstić information content (AvgIpc) is 3.07. The molecule has 0 atom stereocenters. The highest BCUT2D eigenvalue weighted by Crippen LogP contribution is 2.48. The normalized spacial score (nSPS) is 17.2. The van der Waals surface area contributed by atoms with Gasteiger partial charge in [0, 0.05) is 36.4 Å². The Morgan fingerprint density at radius 2 is 1.70 bits per heavy atom. The molecule has 3 aromatic carbocycles. The second-order valence-corrected chi connectivity index (χ2v) is 8.07. The number of benzene rings is 3. The van der Waals surface area contributed by atoms with Crippen LogP contribution in [0.2, 0.25) is 0 Å². The summed E-state index contributed by atoms with van der Waals surface area (Å²) in [7, 11) is 0. The number of carbonyl (C=O) groups excluding carboxylic acids is 1. The van der Waals surface area contributed by atoms with Gasteiger partial charge in [0.25, 0.3) is 5.91 Å². The lowest BCUT2D eigenvalue weighted by Gasteiger charge is -2.34. The van der Waals surface area contributed by atoms with Gasteiger partial charge in [0.15, 0.2) is 0 Å². The first-order chi connectivity index (χ1) is 14.6. The van der Waals surface area contributed by atoms with Crippen LogP contribution in [0.1, 0.15) is 28.8 Å². The number of halogens is 1. The van der Waals surface area contributed by atoms with E-state index in [2.05, 4.69) is 6.07 Å². The number of fused-ring (bicyclic) bond motifs is 2. The molecule has 2 aliphatic heterocycles. The van der Waals surface area contributed by atoms with Crippen LogP contribution in [0.5, 0.6) is 5.75 Å². The van der Waals surface area contributed by atoms with E-state index in [1.165, 1.54) is 18.2 Å². The fourth-order valence-corrected chi connectivity index (χ4v) is 4.66. The lowest BCUT2D eigenvalue weighted by molar-refractivity contribution is 0.0547. The van der Waals surface area contributed by atoms with Crippen molar-refractivity contribution in [1.29, 1.82) is 0 Å². The minimum Gasteiger partial charge on any atom is -0.508 e. The predicted octanol–water partition coefficient (Wildman–Crippen LogP) is 4.91. The molecule has 0 aliphatic carbocycles. The first-order valence-corrected chi connectivity index (χ1v) is 10.1. The highest BCUT2D eigenvalue weighted by molar-refractivity contribution is 6.08. The summed E-state index contributed by atoms with van der Waals surface area (Å²) < 4.78 is 19.0. The van der Waals surface area contributed by atoms with Crippen molar-refractivity contribution < 1.29 is 19.0 Å². The largest absolute Gasteiger partial charge is 0.508 e. The molecule has 2 heterocycles. The molecule has 1 amide bonds. The fraction of sp³-hybridized carbons (Fsp3) is 0.240. The van der Waals surface area contributed by atoms with Gasteiger partial charge in [0.05, 0.1) is 0 Å². The monoisotopic (exact) mass is 403 g/mol. The Morgan fingerprint density at radius 3 is 2.43 bits per heavy atom. The molecular weight excluding hydrogens is 381 g/mol. The van der Waals surface area contributed by atoms with E-state index in [1.807, 2.05) is 17.0 Å². The number of phenolic OH excluding ortho intramolecular Hbond substituents is 1. The molecule has 0 aromatic heterocycles. The molecule has 4 nitrogen and oxygen atoms in total. The van der Waals surface area contributed by atoms with E-state index in [9.17, 15) is 14.3 Å². The molecule has 0 radical (unpaired) electrons. The van der Waals surface area contributed by atoms with E-state index in [4.69, 9.17) is 4.74 Å². The SMILES string of the molecule is O=C(c1cccc(O)c1)N1CC2(CCOCC2)c2cc(-c3ccc(F)cc3)ccc21. The first-order valence-electron chi connectivity index (χ1n) is 10.1. The topological polar surface area (TPSA) is 49.8 Å². The van der Waals surface area contributed by atoms with Crippen molar-refractivity contribution in [2.24, 2.45) is 0 Å². The third-order valence-corrected chi connectivity index (χ3v) is 6.29. The van der Waals surface area contributed by atoms with E-state index in [0.717, 1.165) is 35.2 Å². The number of ether oxygens (including phenoxy) is 1. The molecule has 1 saturated heterocycles. The maximum atomic E-state index is 13.4. The number of nitrogens with zero attached hydrogens (tertiary/aromatic N) is 1. The van der Waals surface area contributed by atoms with Crippen LogP contribution in [-0.4, -0.2) is 30.8 Å². The molecule has 0 unspecified atom stereocenters. The predicted molar refractivity (Wildman–Crippen MR) is 113 cm³/mol. The Balaban J connectivity index is 1.59. The molecular formula is C25H22FNO3. The highest BCUT2D eigenvalue weighted by Gasteiger charge is 2.45. The molecule has 30 heavy (non-hydrogen) atoms. The average molecular weight is 403 g/mol. The lowest BCUT2D eigenvalue weighted by Crippen LogP contribution is -2.40. The van der Waals surface area contributed by atoms with Crippen LogP contribution >= 0.6 is 0 Å². The number of aromatic hydroxyl groups is 1. The summed E-state index contributed by atoms with van der Waals surface area (Å²) in [5.41, 5.74) is 4.30. The van der Waals surface area contributed by atoms with Crippen molar-refractivity contribution in [3.8, 4) is 16.9 Å². The first kappa shape index (κ1) is 18.8. The molecule has 1 spiro atoms. The van der Waals surface area contributed by atoms with Crippen LogP contribution < -0.4 is 4.90 Å². The van der Waals surface area contributed by atoms with Crippen LogP contribution in [0, 0.1) is 5.82 Å². The Morgan fingerprint density at radius 1 is 0.967 bits per heavy atom. The van der Waals surface area contributed by atoms with Gasteiger partial charge in [-0.25, -0.2) is 4.39 Å². The number of amides is 1. The lowest BCUT2D eigenvalue weighted by atomic mass is 9.75. The third-order valence-electron chi connectivity index (χ3n) is 6.29. The molecule has 0 saturated carbocycles. The van der Waals surface area contributed by atoms with E-state index in [1.54, 1.807) is 30.3 Å². The van der Waals surface area contributed by atoms with Crippen molar-refractivity contribution in [1.82, 2.24) is 0 Å². The second kappa shape index (κ2) is 7.26. The van der Waals surface area contributed by atoms with Gasteiger partial charge >= 0.3 is 0 Å². The van der Waals surface area contributed by atoms with Crippen LogP contribution in [0.3, 0.4) is 0 Å². The summed E-state index contributed by atoms with van der Waals surface area (Å²) in [5.74, 6) is -0.304. The quantitative estimate of drug-likeness (QED) is 0.662. The molecule has 0 bridgehead atoms. The van der Waals surface area contributed by atoms with Gasteiger partial charge in [-0.3, -0.25) is 4.79 Å². The van der Waals surface area contributed by atoms with Gasteiger partial charge in [0.1, 0.15) is 11.6 Å². The van der Waals surface area contributed by atoms with Gasteiger partial charge in [-0.05, 0) is 72.0 Å². The molecule has 1 fully saturated rings. The summed E-state index contributed by atoms with van der Waals surface area (Å²) in [5, 5.41) is 9.81. The molecule has 5 rings (SSSR count). The van der Waals surface area contributed by atoms with Gasteiger partial charge < -0.3 is 14.7 Å². The summed E-state index contributed by atoms with van der Waals surface area (Å²) in [4.78, 5) is 15.1. The standard InChI is InChI=1S/C25H22FNO3/c26-20-7-4-17(5-8-20)18-6-9-23-22(15-18)25(10-12-30-13-11-25)16-27(23)24(29)19-2-1-3-21(28)14-19/h1-9,14-15,28H,10-13,16H2. The van der Waals surface area contributed by atoms with Gasteiger partial charge in [0.2, 0.25) is 0 Å². The Hall–Kier alpha value is -3.18. The summed E-state index contributed by atoms with van der Waals surface area (Å²) in [6, 6.07) is 19.1. The maximum Gasteiger partial charge on any atom is 0.258 e. The molecule has 5 heteroatoms. The van der Waals surface area contributed by atoms with Crippen LogP contribution in [0.15, 0.2) is 66.7 Å². The number of anilines is 1. The smallest absolute Gasteiger partial charge is 0.258 e. The number of hydrogen-bond acceptors (Lipinski definition) is 3. The third kappa shape index (κ3) is 3.15. The number of carbonyl (C=O) groups is 1. The van der Waals surface area contributed by atoms with Crippen molar-refractivity contribution in [3.05, 3.63) is 83.7 Å². The Bertz CT molecular complexity index is 1100. The molecule has 152 valence electrons. The fourth-order valence-electron chi connectivity index (χ4n) is 4.66. The van der Waals surface area contributed by atoms with Gasteiger partial charge in [-0.15, -0.1) is 0 Å². The van der Waals surface area contributed by atoms with E-state index < -0.39 is 0 Å². The highest BCUT2D eigenvalue weighted by atomic mass is 19.1. The Kier molecular flexibility index (Phi) is 4.55. The Labute approximate surface area is 174 Å². The zero-order chi connectivity index (χ0) is 20.7. The number of rotatable bonds is 2. The maximum absolute atomic E-state index is 13.4. The zero-order valence-electron chi connectivity index (χ0n) is 16.5. The minimum atomic E-state index is -0.260. The number of hydrogen-bond donors (Lipinski definition) is 1. The van der Waals surface area contributed by atoms with E-state index >= 15 is 0 Å². The molecule has 1 N–H and O–H groups in total. The summed E-state index contributed by atoms with van der Waals surface area (Å²) in [6.45, 7) is 1.91. The van der Waals surface area contributed by atoms with Gasteiger partial charge in [-0.1, -0.05) is 24.3 Å². The van der Waals surface area contributed by atoms with Crippen molar-refractivity contribution >= 4 is 11.6 Å². The summed E-state index contributed by atoms with van der Waals surface area (Å²) >= 11 is 0. The van der Waals surface area contributed by atoms with Crippen LogP contribution in [-0.2, 0) is 10.2 Å². The summed E-state index contributed by atoms with van der Waals surface area (Å²) in [6.07, 6.45) is 1.69. The molecule has 3 aromatic rings. The minimum absolute atomic E-state index is 0.0766. The van der Waals surface area contributed by atoms with E-state index in [0.29, 0.717) is 25.3 Å². The van der Waals surface area contributed by atoms with Crippen molar-refractivity contribution in [2.45, 2.75) is 18.3 Å². The van der Waals surface area contributed by atoms with Crippen LogP contribution in [0.4, 0.5) is 10.1 Å². The zero-order valence-corrected chi connectivity index (χ0v) is 16.5.